The molecule has 0 spiro atoms. The Hall–Kier alpha value is -6.66. The van der Waals surface area contributed by atoms with E-state index in [9.17, 15) is 53.4 Å². The quantitative estimate of drug-likeness (QED) is 0.0152. The monoisotopic (exact) mass is 960 g/mol. The first-order valence-corrected chi connectivity index (χ1v) is 22.4. The van der Waals surface area contributed by atoms with Gasteiger partial charge in [-0.3, -0.25) is 38.4 Å². The van der Waals surface area contributed by atoms with E-state index in [0.717, 1.165) is 0 Å². The topological polar surface area (TPSA) is 407 Å². The lowest BCUT2D eigenvalue weighted by Gasteiger charge is -2.30. The Morgan fingerprint density at radius 2 is 1.34 bits per heavy atom. The highest BCUT2D eigenvalue weighted by Gasteiger charge is 2.37. The molecule has 0 aliphatic heterocycles. The molecule has 18 N–H and O–H groups in total. The van der Waals surface area contributed by atoms with E-state index in [1.54, 1.807) is 58.0 Å². The maximum atomic E-state index is 14.1. The number of carbonyl (C=O) groups excluding carboxylic acids is 8. The number of nitrogens with zero attached hydrogens (tertiary/aromatic N) is 1. The fraction of sp³-hybridized carbons (Fsp3) is 0.591. The summed E-state index contributed by atoms with van der Waals surface area (Å²) in [5.74, 6) is -9.19. The zero-order valence-corrected chi connectivity index (χ0v) is 39.9. The van der Waals surface area contributed by atoms with Crippen molar-refractivity contribution < 1.29 is 53.4 Å². The van der Waals surface area contributed by atoms with Gasteiger partial charge in [0.1, 0.15) is 41.8 Å². The minimum Gasteiger partial charge on any atom is -0.480 e. The molecule has 1 aromatic rings. The Labute approximate surface area is 396 Å². The number of carboxylic acids is 1. The zero-order chi connectivity index (χ0) is 51.7. The number of carbonyl (C=O) groups is 9. The van der Waals surface area contributed by atoms with E-state index >= 15 is 0 Å². The highest BCUT2D eigenvalue weighted by molar-refractivity contribution is 5.99. The highest BCUT2D eigenvalue weighted by Crippen LogP contribution is 2.12. The number of benzene rings is 1. The van der Waals surface area contributed by atoms with Crippen molar-refractivity contribution in [3.05, 3.63) is 48.0 Å². The number of guanidine groups is 1. The summed E-state index contributed by atoms with van der Waals surface area (Å²) in [7, 11) is 0. The molecule has 0 radical (unpaired) electrons. The molecule has 9 atom stereocenters. The van der Waals surface area contributed by atoms with Crippen LogP contribution >= 0.6 is 0 Å². The molecule has 0 aliphatic carbocycles. The minimum atomic E-state index is -1.72. The zero-order valence-electron chi connectivity index (χ0n) is 39.9. The van der Waals surface area contributed by atoms with Gasteiger partial charge in [0.05, 0.1) is 25.7 Å². The van der Waals surface area contributed by atoms with E-state index in [4.69, 9.17) is 22.9 Å². The Morgan fingerprint density at radius 1 is 0.735 bits per heavy atom. The van der Waals surface area contributed by atoms with Crippen LogP contribution in [0.3, 0.4) is 0 Å². The molecule has 0 saturated carbocycles. The van der Waals surface area contributed by atoms with Gasteiger partial charge in [0, 0.05) is 6.42 Å². The minimum absolute atomic E-state index is 0.0323. The van der Waals surface area contributed by atoms with Crippen LogP contribution in [0.5, 0.6) is 0 Å². The summed E-state index contributed by atoms with van der Waals surface area (Å²) in [5, 5.41) is 40.2. The van der Waals surface area contributed by atoms with Crippen molar-refractivity contribution in [1.29, 1.82) is 0 Å². The number of hydrogen-bond acceptors (Lipinski definition) is 13. The van der Waals surface area contributed by atoms with Crippen LogP contribution < -0.4 is 65.5 Å². The second kappa shape index (κ2) is 29.9. The predicted octanol–water partition coefficient (Wildman–Crippen LogP) is -3.77. The van der Waals surface area contributed by atoms with Crippen LogP contribution in [0.15, 0.2) is 47.5 Å². The first-order chi connectivity index (χ1) is 31.9. The number of hydrogen-bond donors (Lipinski definition) is 14. The first kappa shape index (κ1) is 59.4. The third kappa shape index (κ3) is 20.9. The van der Waals surface area contributed by atoms with Gasteiger partial charge >= 0.3 is 5.97 Å². The SMILES string of the molecule is CC[C@H](C)[C@H](NC(=O)[C@@H](NC(=O)[C@@H](NC(=O)[C@H](Cc1ccccc1)NC(=O)[C@H](C)NC(=O)[C@](C)(/C=C/CN=C(N)N)NC(=O)CN)C(C)C)[C@@H](C)O)C(=O)NCC(=O)N[C@@H](CCCCN)C(=O)O. The molecule has 1 rings (SSSR count). The van der Waals surface area contributed by atoms with Crippen molar-refractivity contribution in [3.8, 4) is 0 Å². The second-order valence-corrected chi connectivity index (χ2v) is 16.9. The molecular formula is C44H73N13O11. The fourth-order valence-corrected chi connectivity index (χ4v) is 6.38. The van der Waals surface area contributed by atoms with E-state index in [0.29, 0.717) is 31.4 Å². The molecule has 0 heterocycles. The van der Waals surface area contributed by atoms with E-state index < -0.39 is 126 Å². The molecule has 0 unspecified atom stereocenters. The van der Waals surface area contributed by atoms with E-state index in [-0.39, 0.29) is 25.3 Å². The molecule has 8 amide bonds. The number of aliphatic imine (C=N–C) groups is 1. The summed E-state index contributed by atoms with van der Waals surface area (Å²) < 4.78 is 0. The van der Waals surface area contributed by atoms with E-state index in [1.807, 2.05) is 0 Å². The largest absolute Gasteiger partial charge is 0.480 e. The summed E-state index contributed by atoms with van der Waals surface area (Å²) in [5.41, 5.74) is 20.6. The second-order valence-electron chi connectivity index (χ2n) is 16.9. The standard InChI is InChI=1S/C44H73N13O11/c1-8-25(4)34(38(63)50-23-32(60)52-29(41(66)67)17-12-13-19-45)55-40(65)35(27(6)58)56-39(64)33(24(2)3)54-37(62)30(21-28-15-10-9-11-16-28)53-36(61)26(5)51-42(68)44(7,57-31(59)22-46)18-14-20-49-43(47)48/h9-11,14-16,18,24-27,29-30,33-35,58H,8,12-13,17,19-23,45-46H2,1-7H3,(H,50,63)(H,51,68)(H,52,60)(H,53,61)(H,54,62)(H,55,65)(H,56,64)(H,57,59)(H,66,67)(H4,47,48,49)/b18-14+/t25-,26-,27+,29-,30-,33-,34-,35-,44-/m0/s1. The van der Waals surface area contributed by atoms with Crippen LogP contribution in [0.4, 0.5) is 0 Å². The van der Waals surface area contributed by atoms with Gasteiger partial charge < -0.3 is 75.7 Å². The molecular weight excluding hydrogens is 887 g/mol. The number of carboxylic acid groups (broad SMARTS) is 1. The summed E-state index contributed by atoms with van der Waals surface area (Å²) in [6, 6.07) is 0.498. The normalized spacial score (nSPS) is 15.6. The fourth-order valence-electron chi connectivity index (χ4n) is 6.38. The number of aliphatic hydroxyl groups is 1. The van der Waals surface area contributed by atoms with Gasteiger partial charge in [0.2, 0.25) is 47.3 Å². The van der Waals surface area contributed by atoms with Crippen LogP contribution in [0.25, 0.3) is 0 Å². The van der Waals surface area contributed by atoms with Crippen molar-refractivity contribution >= 4 is 59.2 Å². The van der Waals surface area contributed by atoms with Gasteiger partial charge in [-0.15, -0.1) is 0 Å². The molecule has 24 nitrogen and oxygen atoms in total. The van der Waals surface area contributed by atoms with Crippen molar-refractivity contribution in [1.82, 2.24) is 42.5 Å². The van der Waals surface area contributed by atoms with Gasteiger partial charge in [-0.05, 0) is 64.0 Å². The van der Waals surface area contributed by atoms with Crippen LogP contribution in [-0.2, 0) is 49.6 Å². The summed E-state index contributed by atoms with van der Waals surface area (Å²) in [4.78, 5) is 123. The van der Waals surface area contributed by atoms with Crippen LogP contribution in [0.2, 0.25) is 0 Å². The van der Waals surface area contributed by atoms with Crippen LogP contribution in [0.1, 0.15) is 79.7 Å². The molecule has 1 aromatic carbocycles. The highest BCUT2D eigenvalue weighted by atomic mass is 16.4. The lowest BCUT2D eigenvalue weighted by Crippen LogP contribution is -2.63. The number of nitrogens with two attached hydrogens (primary N) is 4. The first-order valence-electron chi connectivity index (χ1n) is 22.4. The van der Waals surface area contributed by atoms with Gasteiger partial charge in [-0.25, -0.2) is 9.79 Å². The Morgan fingerprint density at radius 3 is 1.88 bits per heavy atom. The third-order valence-corrected chi connectivity index (χ3v) is 10.6. The van der Waals surface area contributed by atoms with Crippen molar-refractivity contribution in [3.63, 3.8) is 0 Å². The number of aliphatic hydroxyl groups excluding tert-OH is 1. The van der Waals surface area contributed by atoms with Crippen LogP contribution in [-0.4, -0.2) is 143 Å². The van der Waals surface area contributed by atoms with Gasteiger partial charge in [-0.2, -0.15) is 0 Å². The smallest absolute Gasteiger partial charge is 0.326 e. The van der Waals surface area contributed by atoms with Gasteiger partial charge in [0.25, 0.3) is 0 Å². The molecule has 0 saturated heterocycles. The van der Waals surface area contributed by atoms with Gasteiger partial charge in [-0.1, -0.05) is 76.6 Å². The number of nitrogens with one attached hydrogen (secondary N) is 8. The van der Waals surface area contributed by atoms with Crippen molar-refractivity contribution in [2.24, 2.45) is 39.8 Å². The lowest BCUT2D eigenvalue weighted by atomic mass is 9.97. The molecule has 0 bridgehead atoms. The average Bonchev–Trinajstić information content (AvgIpc) is 3.28. The number of unbranched alkanes of at least 4 members (excludes halogenated alkanes) is 1. The average molecular weight is 960 g/mol. The predicted molar refractivity (Wildman–Crippen MR) is 252 cm³/mol. The van der Waals surface area contributed by atoms with E-state index in [2.05, 4.69) is 47.5 Å². The third-order valence-electron chi connectivity index (χ3n) is 10.6. The molecule has 0 fully saturated rings. The molecule has 24 heteroatoms. The molecule has 0 aliphatic rings. The van der Waals surface area contributed by atoms with Crippen LogP contribution in [0, 0.1) is 11.8 Å². The summed E-state index contributed by atoms with van der Waals surface area (Å²) in [6.07, 6.45) is 2.64. The van der Waals surface area contributed by atoms with E-state index in [1.165, 1.54) is 32.9 Å². The Kier molecular flexibility index (Phi) is 26.1. The summed E-state index contributed by atoms with van der Waals surface area (Å²) in [6.45, 7) is 9.81. The Bertz CT molecular complexity index is 1930. The molecule has 0 aromatic heterocycles. The maximum absolute atomic E-state index is 14.1. The maximum Gasteiger partial charge on any atom is 0.326 e. The molecule has 380 valence electrons. The number of amides is 8. The van der Waals surface area contributed by atoms with Crippen molar-refractivity contribution in [2.45, 2.75) is 128 Å². The summed E-state index contributed by atoms with van der Waals surface area (Å²) >= 11 is 0. The number of rotatable bonds is 30. The van der Waals surface area contributed by atoms with Gasteiger partial charge in [0.15, 0.2) is 5.96 Å². The lowest BCUT2D eigenvalue weighted by molar-refractivity contribution is -0.142. The van der Waals surface area contributed by atoms with Crippen molar-refractivity contribution in [2.75, 3.05) is 26.2 Å². The number of aliphatic carboxylic acids is 1. The molecule has 68 heavy (non-hydrogen) atoms. The Balaban J connectivity index is 3.29.